The third-order valence-corrected chi connectivity index (χ3v) is 5.31. The van der Waals surface area contributed by atoms with Crippen molar-refractivity contribution in [3.63, 3.8) is 0 Å². The first-order chi connectivity index (χ1) is 12.5. The number of nitrogens with one attached hydrogen (secondary N) is 2. The number of nitro groups is 1. The third kappa shape index (κ3) is 2.99. The molecule has 0 aliphatic heterocycles. The molecule has 26 heavy (non-hydrogen) atoms. The molecule has 1 atom stereocenters. The number of hydrogen-bond acceptors (Lipinski definition) is 3. The number of halogens is 1. The zero-order chi connectivity index (χ0) is 18.3. The molecular formula is C19H16BrN3O3. The first-order valence-corrected chi connectivity index (χ1v) is 9.17. The second kappa shape index (κ2) is 6.57. The van der Waals surface area contributed by atoms with Gasteiger partial charge < -0.3 is 10.3 Å². The molecule has 1 aliphatic rings. The standard InChI is InChI=1S/C19H16BrN3O3/c20-12-6-9-16-15(10-12)14-2-1-3-17(18(14)21-16)22-19(24)11-4-7-13(8-5-11)23(25)26/h4-10,17,21H,1-3H2,(H,22,24). The highest BCUT2D eigenvalue weighted by Crippen LogP contribution is 2.36. The first-order valence-electron chi connectivity index (χ1n) is 8.38. The molecule has 1 aromatic heterocycles. The maximum Gasteiger partial charge on any atom is 0.269 e. The van der Waals surface area contributed by atoms with E-state index in [1.807, 2.05) is 12.1 Å². The Morgan fingerprint density at radius 2 is 2.00 bits per heavy atom. The maximum atomic E-state index is 12.6. The Hall–Kier alpha value is -2.67. The molecule has 4 rings (SSSR count). The van der Waals surface area contributed by atoms with E-state index in [9.17, 15) is 14.9 Å². The van der Waals surface area contributed by atoms with Gasteiger partial charge in [0, 0.05) is 38.8 Å². The molecule has 0 fully saturated rings. The van der Waals surface area contributed by atoms with E-state index in [0.29, 0.717) is 5.56 Å². The van der Waals surface area contributed by atoms with Crippen LogP contribution in [0.25, 0.3) is 10.9 Å². The number of carbonyl (C=O) groups is 1. The molecule has 0 saturated heterocycles. The molecule has 1 amide bonds. The summed E-state index contributed by atoms with van der Waals surface area (Å²) in [6, 6.07) is 11.7. The number of non-ortho nitro benzene ring substituents is 1. The summed E-state index contributed by atoms with van der Waals surface area (Å²) in [6.07, 6.45) is 2.84. The summed E-state index contributed by atoms with van der Waals surface area (Å²) in [4.78, 5) is 26.3. The predicted octanol–water partition coefficient (Wildman–Crippen LogP) is 4.65. The Labute approximate surface area is 157 Å². The lowest BCUT2D eigenvalue weighted by Gasteiger charge is -2.24. The van der Waals surface area contributed by atoms with Crippen LogP contribution in [0.5, 0.6) is 0 Å². The average Bonchev–Trinajstić information content (AvgIpc) is 3.01. The monoisotopic (exact) mass is 413 g/mol. The molecule has 0 bridgehead atoms. The fourth-order valence-electron chi connectivity index (χ4n) is 3.56. The average molecular weight is 414 g/mol. The SMILES string of the molecule is O=C(NC1CCCc2c1[nH]c1ccc(Br)cc21)c1ccc([N+](=O)[O-])cc1. The van der Waals surface area contributed by atoms with Crippen molar-refractivity contribution < 1.29 is 9.72 Å². The van der Waals surface area contributed by atoms with Gasteiger partial charge in [0.2, 0.25) is 0 Å². The van der Waals surface area contributed by atoms with Crippen LogP contribution in [0.2, 0.25) is 0 Å². The van der Waals surface area contributed by atoms with Crippen LogP contribution in [0.4, 0.5) is 5.69 Å². The lowest BCUT2D eigenvalue weighted by Crippen LogP contribution is -2.31. The highest BCUT2D eigenvalue weighted by Gasteiger charge is 2.26. The maximum absolute atomic E-state index is 12.6. The van der Waals surface area contributed by atoms with Crippen molar-refractivity contribution >= 4 is 38.4 Å². The second-order valence-corrected chi connectivity index (χ2v) is 7.35. The molecule has 0 radical (unpaired) electrons. The lowest BCUT2D eigenvalue weighted by atomic mass is 9.91. The molecule has 0 spiro atoms. The fraction of sp³-hybridized carbons (Fsp3) is 0.211. The minimum absolute atomic E-state index is 0.0253. The number of aromatic amines is 1. The molecule has 1 heterocycles. The van der Waals surface area contributed by atoms with Crippen LogP contribution in [-0.2, 0) is 6.42 Å². The number of benzene rings is 2. The number of rotatable bonds is 3. The van der Waals surface area contributed by atoms with Crippen LogP contribution >= 0.6 is 15.9 Å². The van der Waals surface area contributed by atoms with Crippen LogP contribution < -0.4 is 5.32 Å². The largest absolute Gasteiger partial charge is 0.356 e. The van der Waals surface area contributed by atoms with Gasteiger partial charge >= 0.3 is 0 Å². The molecule has 7 heteroatoms. The van der Waals surface area contributed by atoms with E-state index in [1.165, 1.54) is 35.2 Å². The summed E-state index contributed by atoms with van der Waals surface area (Å²) in [5.41, 5.74) is 3.76. The van der Waals surface area contributed by atoms with E-state index in [1.54, 1.807) is 0 Å². The minimum atomic E-state index is -0.474. The zero-order valence-electron chi connectivity index (χ0n) is 13.8. The molecule has 2 aromatic carbocycles. The smallest absolute Gasteiger partial charge is 0.269 e. The number of amides is 1. The number of fused-ring (bicyclic) bond motifs is 3. The van der Waals surface area contributed by atoms with E-state index in [4.69, 9.17) is 0 Å². The van der Waals surface area contributed by atoms with Gasteiger partial charge in [0.05, 0.1) is 11.0 Å². The lowest BCUT2D eigenvalue weighted by molar-refractivity contribution is -0.384. The van der Waals surface area contributed by atoms with Crippen LogP contribution in [0.1, 0.15) is 40.5 Å². The van der Waals surface area contributed by atoms with E-state index < -0.39 is 4.92 Å². The first kappa shape index (κ1) is 16.8. The van der Waals surface area contributed by atoms with Crippen LogP contribution in [0, 0.1) is 10.1 Å². The molecule has 1 unspecified atom stereocenters. The normalized spacial score (nSPS) is 16.3. The Morgan fingerprint density at radius 3 is 2.73 bits per heavy atom. The van der Waals surface area contributed by atoms with Crippen molar-refractivity contribution in [2.24, 2.45) is 0 Å². The van der Waals surface area contributed by atoms with E-state index in [-0.39, 0.29) is 17.6 Å². The summed E-state index contributed by atoms with van der Waals surface area (Å²) >= 11 is 3.52. The van der Waals surface area contributed by atoms with Crippen LogP contribution in [0.3, 0.4) is 0 Å². The van der Waals surface area contributed by atoms with Gasteiger partial charge in [-0.2, -0.15) is 0 Å². The van der Waals surface area contributed by atoms with Gasteiger partial charge in [-0.15, -0.1) is 0 Å². The summed E-state index contributed by atoms with van der Waals surface area (Å²) in [6.45, 7) is 0. The van der Waals surface area contributed by atoms with Gasteiger partial charge in [-0.1, -0.05) is 15.9 Å². The van der Waals surface area contributed by atoms with Crippen molar-refractivity contribution in [2.45, 2.75) is 25.3 Å². The number of carbonyl (C=O) groups excluding carboxylic acids is 1. The number of hydrogen-bond donors (Lipinski definition) is 2. The molecular weight excluding hydrogens is 398 g/mol. The number of nitro benzene ring substituents is 1. The van der Waals surface area contributed by atoms with Gasteiger partial charge in [0.25, 0.3) is 11.6 Å². The summed E-state index contributed by atoms with van der Waals surface area (Å²) < 4.78 is 1.03. The second-order valence-electron chi connectivity index (χ2n) is 6.43. The van der Waals surface area contributed by atoms with Gasteiger partial charge in [0.15, 0.2) is 0 Å². The Balaban J connectivity index is 1.61. The van der Waals surface area contributed by atoms with E-state index in [2.05, 4.69) is 32.3 Å². The summed E-state index contributed by atoms with van der Waals surface area (Å²) in [7, 11) is 0. The Kier molecular flexibility index (Phi) is 4.24. The highest BCUT2D eigenvalue weighted by atomic mass is 79.9. The van der Waals surface area contributed by atoms with Crippen LogP contribution in [-0.4, -0.2) is 15.8 Å². The number of aryl methyl sites for hydroxylation is 1. The molecule has 132 valence electrons. The predicted molar refractivity (Wildman–Crippen MR) is 102 cm³/mol. The molecule has 1 aliphatic carbocycles. The number of H-pyrrole nitrogens is 1. The van der Waals surface area contributed by atoms with Crippen molar-refractivity contribution in [1.29, 1.82) is 0 Å². The summed E-state index contributed by atoms with van der Waals surface area (Å²) in [5.74, 6) is -0.224. The van der Waals surface area contributed by atoms with E-state index in [0.717, 1.165) is 34.9 Å². The van der Waals surface area contributed by atoms with Gasteiger partial charge in [-0.25, -0.2) is 0 Å². The van der Waals surface area contributed by atoms with Crippen molar-refractivity contribution in [3.8, 4) is 0 Å². The molecule has 2 N–H and O–H groups in total. The van der Waals surface area contributed by atoms with Crippen molar-refractivity contribution in [1.82, 2.24) is 10.3 Å². The fourth-order valence-corrected chi connectivity index (χ4v) is 3.92. The Bertz CT molecular complexity index is 1010. The molecule has 3 aromatic rings. The van der Waals surface area contributed by atoms with Crippen molar-refractivity contribution in [2.75, 3.05) is 0 Å². The minimum Gasteiger partial charge on any atom is -0.356 e. The number of aromatic nitrogens is 1. The van der Waals surface area contributed by atoms with Gasteiger partial charge in [-0.3, -0.25) is 14.9 Å². The Morgan fingerprint density at radius 1 is 1.23 bits per heavy atom. The van der Waals surface area contributed by atoms with Gasteiger partial charge in [0.1, 0.15) is 0 Å². The number of nitrogens with zero attached hydrogens (tertiary/aromatic N) is 1. The van der Waals surface area contributed by atoms with E-state index >= 15 is 0 Å². The molecule has 0 saturated carbocycles. The van der Waals surface area contributed by atoms with Crippen molar-refractivity contribution in [3.05, 3.63) is 73.9 Å². The quantitative estimate of drug-likeness (QED) is 0.483. The van der Waals surface area contributed by atoms with Gasteiger partial charge in [-0.05, 0) is 55.2 Å². The topological polar surface area (TPSA) is 88.0 Å². The zero-order valence-corrected chi connectivity index (χ0v) is 15.4. The third-order valence-electron chi connectivity index (χ3n) is 4.81. The van der Waals surface area contributed by atoms with Crippen LogP contribution in [0.15, 0.2) is 46.9 Å². The molecule has 6 nitrogen and oxygen atoms in total. The summed E-state index contributed by atoms with van der Waals surface area (Å²) in [5, 5.41) is 15.0. The highest BCUT2D eigenvalue weighted by molar-refractivity contribution is 9.10.